The van der Waals surface area contributed by atoms with Crippen molar-refractivity contribution < 1.29 is 28.6 Å². The molecule has 0 aliphatic heterocycles. The Balaban J connectivity index is 2.16. The lowest BCUT2D eigenvalue weighted by atomic mass is 9.99. The second-order valence-electron chi connectivity index (χ2n) is 9.05. The maximum atomic E-state index is 14.9. The number of carboxylic acid groups (broad SMARTS) is 1. The van der Waals surface area contributed by atoms with Crippen LogP contribution in [-0.2, 0) is 4.74 Å². The van der Waals surface area contributed by atoms with Gasteiger partial charge < -0.3 is 19.9 Å². The van der Waals surface area contributed by atoms with Crippen LogP contribution in [0, 0.1) is 18.7 Å². The molecule has 0 saturated heterocycles. The highest BCUT2D eigenvalue weighted by molar-refractivity contribution is 5.97. The number of aromatic carboxylic acids is 1. The molecule has 0 fully saturated rings. The standard InChI is InChI=1S/C24H31FN2O5/c1-14(2)11-16(27-23(30)32-24(4,5)6)13-31-17-7-8-18(20(25)12-17)19-9-10-26-15(3)21(19)22(28)29/h7-10,12,14,16H,11,13H2,1-6H3,(H,27,30)(H,28,29)/t16-/m0/s1. The van der Waals surface area contributed by atoms with E-state index in [1.807, 2.05) is 13.8 Å². The number of rotatable bonds is 8. The molecule has 1 atom stereocenters. The van der Waals surface area contributed by atoms with Crippen molar-refractivity contribution in [1.29, 1.82) is 0 Å². The summed E-state index contributed by atoms with van der Waals surface area (Å²) < 4.78 is 25.9. The summed E-state index contributed by atoms with van der Waals surface area (Å²) >= 11 is 0. The van der Waals surface area contributed by atoms with Crippen LogP contribution in [0.5, 0.6) is 5.75 Å². The number of hydrogen-bond donors (Lipinski definition) is 2. The fourth-order valence-electron chi connectivity index (χ4n) is 3.27. The molecule has 0 radical (unpaired) electrons. The first-order chi connectivity index (χ1) is 14.9. The van der Waals surface area contributed by atoms with E-state index >= 15 is 0 Å². The lowest BCUT2D eigenvalue weighted by Crippen LogP contribution is -2.42. The molecule has 2 N–H and O–H groups in total. The van der Waals surface area contributed by atoms with Crippen LogP contribution < -0.4 is 10.1 Å². The number of ether oxygens (including phenoxy) is 2. The number of carbonyl (C=O) groups is 2. The Bertz CT molecular complexity index is 969. The number of aryl methyl sites for hydroxylation is 1. The van der Waals surface area contributed by atoms with Crippen molar-refractivity contribution in [3.05, 3.63) is 47.5 Å². The van der Waals surface area contributed by atoms with Gasteiger partial charge in [0.05, 0.1) is 17.3 Å². The van der Waals surface area contributed by atoms with Crippen molar-refractivity contribution in [2.75, 3.05) is 6.61 Å². The largest absolute Gasteiger partial charge is 0.491 e. The molecule has 0 aliphatic rings. The van der Waals surface area contributed by atoms with Crippen LogP contribution in [0.3, 0.4) is 0 Å². The molecule has 174 valence electrons. The first-order valence-electron chi connectivity index (χ1n) is 10.5. The lowest BCUT2D eigenvalue weighted by Gasteiger charge is -2.24. The predicted octanol–water partition coefficient (Wildman–Crippen LogP) is 5.21. The third kappa shape index (κ3) is 7.21. The highest BCUT2D eigenvalue weighted by Crippen LogP contribution is 2.30. The number of halogens is 1. The van der Waals surface area contributed by atoms with Gasteiger partial charge in [-0.15, -0.1) is 0 Å². The molecule has 2 aromatic rings. The number of aromatic nitrogens is 1. The minimum absolute atomic E-state index is 0.0429. The van der Waals surface area contributed by atoms with Gasteiger partial charge in [0, 0.05) is 23.4 Å². The Kier molecular flexibility index (Phi) is 8.19. The van der Waals surface area contributed by atoms with E-state index in [9.17, 15) is 19.1 Å². The van der Waals surface area contributed by atoms with Gasteiger partial charge in [-0.1, -0.05) is 13.8 Å². The number of pyridine rings is 1. The highest BCUT2D eigenvalue weighted by Gasteiger charge is 2.22. The summed E-state index contributed by atoms with van der Waals surface area (Å²) in [4.78, 5) is 27.7. The first kappa shape index (κ1) is 25.1. The first-order valence-corrected chi connectivity index (χ1v) is 10.5. The SMILES string of the molecule is Cc1nccc(-c2ccc(OC[C@H](CC(C)C)NC(=O)OC(C)(C)C)cc2F)c1C(=O)O. The van der Waals surface area contributed by atoms with Gasteiger partial charge in [0.1, 0.15) is 23.8 Å². The fraction of sp³-hybridized carbons (Fsp3) is 0.458. The zero-order chi connectivity index (χ0) is 24.1. The molecule has 0 saturated carbocycles. The number of carboxylic acids is 1. The summed E-state index contributed by atoms with van der Waals surface area (Å²) in [6, 6.07) is 5.40. The molecular formula is C24H31FN2O5. The Labute approximate surface area is 188 Å². The van der Waals surface area contributed by atoms with E-state index in [1.54, 1.807) is 33.8 Å². The number of hydrogen-bond acceptors (Lipinski definition) is 5. The minimum Gasteiger partial charge on any atom is -0.491 e. The molecule has 1 amide bonds. The quantitative estimate of drug-likeness (QED) is 0.577. The maximum Gasteiger partial charge on any atom is 0.407 e. The summed E-state index contributed by atoms with van der Waals surface area (Å²) in [5, 5.41) is 12.3. The van der Waals surface area contributed by atoms with E-state index < -0.39 is 23.5 Å². The Hall–Kier alpha value is -3.16. The molecule has 1 aromatic heterocycles. The maximum absolute atomic E-state index is 14.9. The summed E-state index contributed by atoms with van der Waals surface area (Å²) in [6.07, 6.45) is 1.56. The number of amides is 1. The van der Waals surface area contributed by atoms with Gasteiger partial charge in [0.2, 0.25) is 0 Å². The fourth-order valence-corrected chi connectivity index (χ4v) is 3.27. The second kappa shape index (κ2) is 10.4. The number of carbonyl (C=O) groups excluding carboxylic acids is 1. The van der Waals surface area contributed by atoms with E-state index in [2.05, 4.69) is 10.3 Å². The lowest BCUT2D eigenvalue weighted by molar-refractivity contribution is 0.0479. The number of nitrogens with zero attached hydrogens (tertiary/aromatic N) is 1. The summed E-state index contributed by atoms with van der Waals surface area (Å²) in [5.74, 6) is -1.22. The molecule has 1 aromatic carbocycles. The van der Waals surface area contributed by atoms with Crippen LogP contribution >= 0.6 is 0 Å². The highest BCUT2D eigenvalue weighted by atomic mass is 19.1. The third-order valence-electron chi connectivity index (χ3n) is 4.51. The van der Waals surface area contributed by atoms with Crippen molar-refractivity contribution in [2.24, 2.45) is 5.92 Å². The van der Waals surface area contributed by atoms with Gasteiger partial charge in [-0.25, -0.2) is 14.0 Å². The molecule has 0 spiro atoms. The van der Waals surface area contributed by atoms with Crippen LogP contribution in [0.2, 0.25) is 0 Å². The zero-order valence-electron chi connectivity index (χ0n) is 19.4. The van der Waals surface area contributed by atoms with Gasteiger partial charge in [-0.2, -0.15) is 0 Å². The molecule has 32 heavy (non-hydrogen) atoms. The molecule has 0 bridgehead atoms. The van der Waals surface area contributed by atoms with E-state index in [0.717, 1.165) is 0 Å². The summed E-state index contributed by atoms with van der Waals surface area (Å²) in [7, 11) is 0. The van der Waals surface area contributed by atoms with Gasteiger partial charge in [0.15, 0.2) is 0 Å². The topological polar surface area (TPSA) is 97.8 Å². The monoisotopic (exact) mass is 446 g/mol. The Morgan fingerprint density at radius 2 is 1.88 bits per heavy atom. The van der Waals surface area contributed by atoms with E-state index in [-0.39, 0.29) is 35.1 Å². The van der Waals surface area contributed by atoms with Crippen LogP contribution in [0.25, 0.3) is 11.1 Å². The molecule has 1 heterocycles. The van der Waals surface area contributed by atoms with Gasteiger partial charge in [0.25, 0.3) is 0 Å². The van der Waals surface area contributed by atoms with Crippen molar-refractivity contribution in [1.82, 2.24) is 10.3 Å². The average Bonchev–Trinajstić information content (AvgIpc) is 2.63. The van der Waals surface area contributed by atoms with Crippen LogP contribution in [0.15, 0.2) is 30.5 Å². The summed E-state index contributed by atoms with van der Waals surface area (Å²) in [5.41, 5.74) is 0.0362. The molecule has 8 heteroatoms. The Morgan fingerprint density at radius 1 is 1.19 bits per heavy atom. The van der Waals surface area contributed by atoms with E-state index in [4.69, 9.17) is 9.47 Å². The molecule has 2 rings (SSSR count). The minimum atomic E-state index is -1.17. The van der Waals surface area contributed by atoms with Gasteiger partial charge in [-0.05, 0) is 58.2 Å². The van der Waals surface area contributed by atoms with E-state index in [1.165, 1.54) is 24.4 Å². The average molecular weight is 447 g/mol. The molecular weight excluding hydrogens is 415 g/mol. The predicted molar refractivity (Wildman–Crippen MR) is 119 cm³/mol. The van der Waals surface area contributed by atoms with E-state index in [0.29, 0.717) is 18.0 Å². The normalized spacial score (nSPS) is 12.4. The number of benzene rings is 1. The Morgan fingerprint density at radius 3 is 2.44 bits per heavy atom. The number of alkyl carbamates (subject to hydrolysis) is 1. The zero-order valence-corrected chi connectivity index (χ0v) is 19.4. The van der Waals surface area contributed by atoms with Crippen LogP contribution in [-0.4, -0.2) is 40.4 Å². The van der Waals surface area contributed by atoms with Crippen molar-refractivity contribution in [3.8, 4) is 16.9 Å². The van der Waals surface area contributed by atoms with Crippen molar-refractivity contribution in [2.45, 2.75) is 59.6 Å². The van der Waals surface area contributed by atoms with Crippen LogP contribution in [0.4, 0.5) is 9.18 Å². The second-order valence-corrected chi connectivity index (χ2v) is 9.05. The molecule has 7 nitrogen and oxygen atoms in total. The van der Waals surface area contributed by atoms with Gasteiger partial charge in [-0.3, -0.25) is 4.98 Å². The molecule has 0 aliphatic carbocycles. The smallest absolute Gasteiger partial charge is 0.407 e. The summed E-state index contributed by atoms with van der Waals surface area (Å²) in [6.45, 7) is 11.1. The van der Waals surface area contributed by atoms with Crippen molar-refractivity contribution in [3.63, 3.8) is 0 Å². The third-order valence-corrected chi connectivity index (χ3v) is 4.51. The van der Waals surface area contributed by atoms with Gasteiger partial charge >= 0.3 is 12.1 Å². The molecule has 0 unspecified atom stereocenters. The number of nitrogens with one attached hydrogen (secondary N) is 1. The van der Waals surface area contributed by atoms with Crippen LogP contribution in [0.1, 0.15) is 57.1 Å². The van der Waals surface area contributed by atoms with Crippen molar-refractivity contribution >= 4 is 12.1 Å².